The van der Waals surface area contributed by atoms with Gasteiger partial charge >= 0.3 is 5.69 Å². The van der Waals surface area contributed by atoms with Gasteiger partial charge in [-0.1, -0.05) is 19.3 Å². The zero-order chi connectivity index (χ0) is 21.1. The second kappa shape index (κ2) is 9.12. The number of amides is 1. The van der Waals surface area contributed by atoms with Gasteiger partial charge in [-0.2, -0.15) is 0 Å². The minimum atomic E-state index is -0.569. The molecule has 0 unspecified atom stereocenters. The number of nitrogens with one attached hydrogen (secondary N) is 2. The van der Waals surface area contributed by atoms with E-state index < -0.39 is 11.2 Å². The first-order valence-electron chi connectivity index (χ1n) is 11.2. The molecule has 0 radical (unpaired) electrons. The topological polar surface area (TPSA) is 106 Å². The van der Waals surface area contributed by atoms with Gasteiger partial charge in [0.1, 0.15) is 0 Å². The predicted molar refractivity (Wildman–Crippen MR) is 114 cm³/mol. The van der Waals surface area contributed by atoms with Crippen molar-refractivity contribution >= 4 is 16.9 Å². The zero-order valence-corrected chi connectivity index (χ0v) is 17.5. The Kier molecular flexibility index (Phi) is 6.32. The number of ether oxygens (including phenoxy) is 1. The lowest BCUT2D eigenvalue weighted by molar-refractivity contribution is 0.0273. The average molecular weight is 415 g/mol. The molecule has 2 heterocycles. The maximum atomic E-state index is 12.9. The Morgan fingerprint density at radius 2 is 2.00 bits per heavy atom. The lowest BCUT2D eigenvalue weighted by atomic mass is 9.98. The first-order valence-corrected chi connectivity index (χ1v) is 11.2. The average Bonchev–Trinajstić information content (AvgIpc) is 3.59. The van der Waals surface area contributed by atoms with E-state index in [4.69, 9.17) is 4.74 Å². The first-order chi connectivity index (χ1) is 14.6. The van der Waals surface area contributed by atoms with Crippen molar-refractivity contribution in [2.45, 2.75) is 76.9 Å². The minimum Gasteiger partial charge on any atom is -0.378 e. The van der Waals surface area contributed by atoms with Gasteiger partial charge in [0.15, 0.2) is 5.65 Å². The van der Waals surface area contributed by atoms with Crippen molar-refractivity contribution in [3.8, 4) is 0 Å². The maximum Gasteiger partial charge on any atom is 0.329 e. The summed E-state index contributed by atoms with van der Waals surface area (Å²) in [5.41, 5.74) is 0.294. The minimum absolute atomic E-state index is 0.178. The smallest absolute Gasteiger partial charge is 0.329 e. The Bertz CT molecular complexity index is 1030. The quantitative estimate of drug-likeness (QED) is 0.646. The number of rotatable bonds is 8. The molecule has 4 rings (SSSR count). The molecule has 2 aliphatic carbocycles. The number of H-pyrrole nitrogens is 1. The zero-order valence-electron chi connectivity index (χ0n) is 17.5. The molecule has 0 spiro atoms. The summed E-state index contributed by atoms with van der Waals surface area (Å²) >= 11 is 0. The van der Waals surface area contributed by atoms with Crippen LogP contribution in [0.5, 0.6) is 0 Å². The van der Waals surface area contributed by atoms with Gasteiger partial charge in [0.25, 0.3) is 11.5 Å². The van der Waals surface area contributed by atoms with Gasteiger partial charge in [-0.15, -0.1) is 0 Å². The molecule has 2 fully saturated rings. The maximum absolute atomic E-state index is 12.9. The number of aromatic nitrogens is 3. The van der Waals surface area contributed by atoms with Crippen LogP contribution in [0.2, 0.25) is 0 Å². The first kappa shape index (κ1) is 20.8. The molecule has 0 atom stereocenters. The van der Waals surface area contributed by atoms with Crippen molar-refractivity contribution in [1.29, 1.82) is 0 Å². The third kappa shape index (κ3) is 4.48. The molecule has 1 amide bonds. The Morgan fingerprint density at radius 3 is 2.70 bits per heavy atom. The third-order valence-electron chi connectivity index (χ3n) is 6.04. The number of aromatic amines is 1. The van der Waals surface area contributed by atoms with Gasteiger partial charge in [0.05, 0.1) is 17.1 Å². The van der Waals surface area contributed by atoms with Gasteiger partial charge in [-0.05, 0) is 45.1 Å². The summed E-state index contributed by atoms with van der Waals surface area (Å²) in [4.78, 5) is 44.6. The van der Waals surface area contributed by atoms with E-state index in [0.717, 1.165) is 37.8 Å². The van der Waals surface area contributed by atoms with Gasteiger partial charge in [-0.3, -0.25) is 19.1 Å². The van der Waals surface area contributed by atoms with Crippen LogP contribution in [0, 0.1) is 0 Å². The molecule has 0 aliphatic heterocycles. The number of aryl methyl sites for hydroxylation is 1. The number of fused-ring (bicyclic) bond motifs is 1. The van der Waals surface area contributed by atoms with Crippen molar-refractivity contribution in [3.05, 3.63) is 38.2 Å². The van der Waals surface area contributed by atoms with Crippen LogP contribution in [0.25, 0.3) is 11.0 Å². The summed E-state index contributed by atoms with van der Waals surface area (Å²) in [7, 11) is 0. The monoisotopic (exact) mass is 414 g/mol. The van der Waals surface area contributed by atoms with Crippen LogP contribution in [-0.4, -0.2) is 39.7 Å². The van der Waals surface area contributed by atoms with Crippen LogP contribution >= 0.6 is 0 Å². The standard InChI is InChI=1S/C22H30N4O4/c1-2-26-19-18(21(28)25-22(26)29)16(13-17(24-19)14-9-10-14)20(27)23-11-6-12-30-15-7-4-3-5-8-15/h13-15H,2-12H2,1H3,(H,23,27)(H,25,28,29). The van der Waals surface area contributed by atoms with Gasteiger partial charge in [0, 0.05) is 31.3 Å². The molecule has 30 heavy (non-hydrogen) atoms. The van der Waals surface area contributed by atoms with Gasteiger partial charge < -0.3 is 10.1 Å². The van der Waals surface area contributed by atoms with E-state index in [1.165, 1.54) is 23.8 Å². The van der Waals surface area contributed by atoms with Gasteiger partial charge in [-0.25, -0.2) is 9.78 Å². The molecular weight excluding hydrogens is 384 g/mol. The van der Waals surface area contributed by atoms with Crippen LogP contribution < -0.4 is 16.6 Å². The highest BCUT2D eigenvalue weighted by molar-refractivity contribution is 6.05. The molecule has 2 aliphatic rings. The lowest BCUT2D eigenvalue weighted by Crippen LogP contribution is -2.33. The SMILES string of the molecule is CCn1c(=O)[nH]c(=O)c2c(C(=O)NCCCOC3CCCCC3)cc(C3CC3)nc21. The summed E-state index contributed by atoms with van der Waals surface area (Å²) in [5, 5.41) is 3.09. The van der Waals surface area contributed by atoms with E-state index >= 15 is 0 Å². The van der Waals surface area contributed by atoms with Crippen LogP contribution in [-0.2, 0) is 11.3 Å². The Balaban J connectivity index is 1.50. The Hall–Kier alpha value is -2.48. The summed E-state index contributed by atoms with van der Waals surface area (Å²) in [5.74, 6) is -0.0155. The highest BCUT2D eigenvalue weighted by Crippen LogP contribution is 2.39. The Morgan fingerprint density at radius 1 is 1.23 bits per heavy atom. The van der Waals surface area contributed by atoms with E-state index in [0.29, 0.717) is 42.9 Å². The largest absolute Gasteiger partial charge is 0.378 e. The summed E-state index contributed by atoms with van der Waals surface area (Å²) in [6, 6.07) is 1.72. The summed E-state index contributed by atoms with van der Waals surface area (Å²) in [6.45, 7) is 3.27. The van der Waals surface area contributed by atoms with Crippen molar-refractivity contribution in [3.63, 3.8) is 0 Å². The van der Waals surface area contributed by atoms with E-state index in [-0.39, 0.29) is 11.3 Å². The third-order valence-corrected chi connectivity index (χ3v) is 6.04. The second-order valence-electron chi connectivity index (χ2n) is 8.31. The molecule has 0 aromatic carbocycles. The molecule has 2 saturated carbocycles. The van der Waals surface area contributed by atoms with Crippen molar-refractivity contribution in [2.75, 3.05) is 13.2 Å². The fourth-order valence-electron chi connectivity index (χ4n) is 4.21. The number of hydrogen-bond donors (Lipinski definition) is 2. The molecule has 2 aromatic heterocycles. The van der Waals surface area contributed by atoms with E-state index in [1.807, 2.05) is 6.92 Å². The normalized spacial score (nSPS) is 17.4. The molecule has 0 bridgehead atoms. The molecule has 162 valence electrons. The number of carbonyl (C=O) groups excluding carboxylic acids is 1. The summed E-state index contributed by atoms with van der Waals surface area (Å²) in [6.07, 6.45) is 9.11. The van der Waals surface area contributed by atoms with Crippen LogP contribution in [0.1, 0.15) is 80.3 Å². The van der Waals surface area contributed by atoms with E-state index in [1.54, 1.807) is 6.07 Å². The van der Waals surface area contributed by atoms with E-state index in [2.05, 4.69) is 15.3 Å². The molecule has 8 heteroatoms. The molecule has 2 aromatic rings. The number of nitrogens with zero attached hydrogens (tertiary/aromatic N) is 2. The lowest BCUT2D eigenvalue weighted by Gasteiger charge is -2.21. The molecule has 0 saturated heterocycles. The van der Waals surface area contributed by atoms with Crippen molar-refractivity contribution < 1.29 is 9.53 Å². The fraction of sp³-hybridized carbons (Fsp3) is 0.636. The number of pyridine rings is 1. The van der Waals surface area contributed by atoms with Crippen LogP contribution in [0.3, 0.4) is 0 Å². The highest BCUT2D eigenvalue weighted by atomic mass is 16.5. The van der Waals surface area contributed by atoms with E-state index in [9.17, 15) is 14.4 Å². The Labute approximate surface area is 175 Å². The summed E-state index contributed by atoms with van der Waals surface area (Å²) < 4.78 is 7.32. The highest BCUT2D eigenvalue weighted by Gasteiger charge is 2.28. The van der Waals surface area contributed by atoms with Crippen molar-refractivity contribution in [2.24, 2.45) is 0 Å². The number of carbonyl (C=O) groups is 1. The number of hydrogen-bond acceptors (Lipinski definition) is 5. The predicted octanol–water partition coefficient (Wildman–Crippen LogP) is 2.45. The fourth-order valence-corrected chi connectivity index (χ4v) is 4.21. The van der Waals surface area contributed by atoms with Crippen molar-refractivity contribution in [1.82, 2.24) is 19.9 Å². The van der Waals surface area contributed by atoms with Gasteiger partial charge in [0.2, 0.25) is 0 Å². The van der Waals surface area contributed by atoms with Crippen LogP contribution in [0.4, 0.5) is 0 Å². The second-order valence-corrected chi connectivity index (χ2v) is 8.31. The molecule has 8 nitrogen and oxygen atoms in total. The molecule has 2 N–H and O–H groups in total. The van der Waals surface area contributed by atoms with Crippen LogP contribution in [0.15, 0.2) is 15.7 Å². The molecular formula is C22H30N4O4.